The summed E-state index contributed by atoms with van der Waals surface area (Å²) < 4.78 is 0. The fourth-order valence-corrected chi connectivity index (χ4v) is 6.60. The first-order chi connectivity index (χ1) is 13.7. The molecular weight excluding hydrogens is 348 g/mol. The van der Waals surface area contributed by atoms with Gasteiger partial charge in [-0.25, -0.2) is 0 Å². The van der Waals surface area contributed by atoms with Crippen molar-refractivity contribution in [2.75, 3.05) is 0 Å². The van der Waals surface area contributed by atoms with Crippen molar-refractivity contribution in [3.05, 3.63) is 11.6 Å². The molecule has 28 heavy (non-hydrogen) atoms. The van der Waals surface area contributed by atoms with Gasteiger partial charge in [0.05, 0.1) is 5.92 Å². The molecule has 0 aliphatic heterocycles. The molecule has 0 spiro atoms. The second kappa shape index (κ2) is 9.05. The van der Waals surface area contributed by atoms with Crippen LogP contribution in [0.3, 0.4) is 0 Å². The number of Topliss-reactive ketones (excluding diaryl/α,β-unsaturated/α-hetero) is 3. The van der Waals surface area contributed by atoms with Gasteiger partial charge in [0.1, 0.15) is 11.6 Å². The van der Waals surface area contributed by atoms with Gasteiger partial charge in [0, 0.05) is 18.3 Å². The fraction of sp³-hybridized carbons (Fsp3) is 0.800. The molecule has 0 saturated heterocycles. The number of ketones is 3. The molecule has 4 aliphatic carbocycles. The molecule has 0 aromatic carbocycles. The van der Waals surface area contributed by atoms with E-state index in [1.165, 1.54) is 38.5 Å². The first-order valence-electron chi connectivity index (χ1n) is 12.0. The standard InChI is InChI=1S/C25H36O3/c26-23(19-12-4-2-10-17-9-1-3-11-18(17)19)16-8-7-15-22-24(27)20-13-5-6-14-21(20)25(22)28/h12,17-18,20-22H,1-11,13-16H2. The molecule has 4 unspecified atom stereocenters. The molecule has 4 atom stereocenters. The molecule has 3 saturated carbocycles. The minimum absolute atomic E-state index is 0.0206. The monoisotopic (exact) mass is 384 g/mol. The number of allylic oxidation sites excluding steroid dienone is 2. The van der Waals surface area contributed by atoms with Gasteiger partial charge in [0.2, 0.25) is 0 Å². The van der Waals surface area contributed by atoms with E-state index in [1.807, 2.05) is 0 Å². The van der Waals surface area contributed by atoms with E-state index in [0.29, 0.717) is 24.5 Å². The SMILES string of the molecule is O=C(CCCCC1C(=O)C2CCCCC2C1=O)C1=CCCCC2CCCCC12. The van der Waals surface area contributed by atoms with Gasteiger partial charge in [-0.2, -0.15) is 0 Å². The number of unbranched alkanes of at least 4 members (excludes halogenated alkanes) is 1. The van der Waals surface area contributed by atoms with Gasteiger partial charge >= 0.3 is 0 Å². The van der Waals surface area contributed by atoms with E-state index in [9.17, 15) is 14.4 Å². The smallest absolute Gasteiger partial charge is 0.158 e. The summed E-state index contributed by atoms with van der Waals surface area (Å²) in [6.45, 7) is 0. The summed E-state index contributed by atoms with van der Waals surface area (Å²) in [5.74, 6) is 1.70. The Labute approximate surface area is 169 Å². The van der Waals surface area contributed by atoms with E-state index in [0.717, 1.165) is 56.4 Å². The Hall–Kier alpha value is -1.25. The molecule has 3 nitrogen and oxygen atoms in total. The number of carbonyl (C=O) groups is 3. The third kappa shape index (κ3) is 4.04. The lowest BCUT2D eigenvalue weighted by Gasteiger charge is -2.31. The maximum Gasteiger partial charge on any atom is 0.158 e. The van der Waals surface area contributed by atoms with Crippen molar-refractivity contribution in [2.45, 2.75) is 96.3 Å². The quantitative estimate of drug-likeness (QED) is 0.442. The highest BCUT2D eigenvalue weighted by Crippen LogP contribution is 2.43. The van der Waals surface area contributed by atoms with Crippen molar-refractivity contribution in [3.63, 3.8) is 0 Å². The predicted octanol–water partition coefficient (Wildman–Crippen LogP) is 5.61. The van der Waals surface area contributed by atoms with Gasteiger partial charge < -0.3 is 0 Å². The average Bonchev–Trinajstić information content (AvgIpc) is 2.87. The van der Waals surface area contributed by atoms with Crippen LogP contribution in [0.1, 0.15) is 96.3 Å². The minimum Gasteiger partial charge on any atom is -0.299 e. The molecule has 4 rings (SSSR count). The van der Waals surface area contributed by atoms with Crippen molar-refractivity contribution in [1.82, 2.24) is 0 Å². The van der Waals surface area contributed by atoms with Crippen LogP contribution >= 0.6 is 0 Å². The molecule has 0 aromatic rings. The van der Waals surface area contributed by atoms with Gasteiger partial charge in [0.25, 0.3) is 0 Å². The molecule has 3 fully saturated rings. The zero-order chi connectivity index (χ0) is 19.5. The highest BCUT2D eigenvalue weighted by molar-refractivity contribution is 6.11. The van der Waals surface area contributed by atoms with Crippen LogP contribution in [0.5, 0.6) is 0 Å². The van der Waals surface area contributed by atoms with Gasteiger partial charge in [0.15, 0.2) is 5.78 Å². The van der Waals surface area contributed by atoms with Crippen LogP contribution in [0, 0.1) is 29.6 Å². The second-order valence-electron chi connectivity index (χ2n) is 9.77. The number of carbonyl (C=O) groups excluding carboxylic acids is 3. The minimum atomic E-state index is -0.358. The molecule has 4 aliphatic rings. The zero-order valence-electron chi connectivity index (χ0n) is 17.3. The summed E-state index contributed by atoms with van der Waals surface area (Å²) in [5.41, 5.74) is 1.13. The molecule has 0 radical (unpaired) electrons. The van der Waals surface area contributed by atoms with Crippen molar-refractivity contribution in [1.29, 1.82) is 0 Å². The normalized spacial score (nSPS) is 35.7. The molecular formula is C25H36O3. The summed E-state index contributed by atoms with van der Waals surface area (Å²) in [5, 5.41) is 0. The molecule has 0 N–H and O–H groups in total. The molecule has 0 bridgehead atoms. The lowest BCUT2D eigenvalue weighted by molar-refractivity contribution is -0.128. The fourth-order valence-electron chi connectivity index (χ4n) is 6.60. The first kappa shape index (κ1) is 20.0. The van der Waals surface area contributed by atoms with Crippen LogP contribution in [-0.2, 0) is 14.4 Å². The second-order valence-corrected chi connectivity index (χ2v) is 9.77. The summed E-state index contributed by atoms with van der Waals surface area (Å²) in [6, 6.07) is 0. The van der Waals surface area contributed by atoms with Gasteiger partial charge in [-0.05, 0) is 75.2 Å². The Balaban J connectivity index is 1.27. The Morgan fingerprint density at radius 3 is 2.11 bits per heavy atom. The van der Waals surface area contributed by atoms with E-state index in [4.69, 9.17) is 0 Å². The third-order valence-corrected chi connectivity index (χ3v) is 8.10. The van der Waals surface area contributed by atoms with Crippen LogP contribution in [0.2, 0.25) is 0 Å². The summed E-state index contributed by atoms with van der Waals surface area (Å²) in [7, 11) is 0. The molecule has 3 heteroatoms. The summed E-state index contributed by atoms with van der Waals surface area (Å²) in [4.78, 5) is 38.2. The van der Waals surface area contributed by atoms with E-state index < -0.39 is 0 Å². The van der Waals surface area contributed by atoms with E-state index in [-0.39, 0.29) is 29.3 Å². The number of rotatable bonds is 6. The largest absolute Gasteiger partial charge is 0.299 e. The predicted molar refractivity (Wildman–Crippen MR) is 110 cm³/mol. The topological polar surface area (TPSA) is 51.2 Å². The van der Waals surface area contributed by atoms with E-state index in [2.05, 4.69) is 6.08 Å². The van der Waals surface area contributed by atoms with E-state index >= 15 is 0 Å². The van der Waals surface area contributed by atoms with E-state index in [1.54, 1.807) is 0 Å². The van der Waals surface area contributed by atoms with Crippen LogP contribution in [0.15, 0.2) is 11.6 Å². The Kier molecular flexibility index (Phi) is 6.48. The van der Waals surface area contributed by atoms with Crippen molar-refractivity contribution in [2.24, 2.45) is 29.6 Å². The highest BCUT2D eigenvalue weighted by Gasteiger charge is 2.48. The highest BCUT2D eigenvalue weighted by atomic mass is 16.2. The lowest BCUT2D eigenvalue weighted by atomic mass is 9.73. The molecule has 0 heterocycles. The van der Waals surface area contributed by atoms with Gasteiger partial charge in [-0.3, -0.25) is 14.4 Å². The van der Waals surface area contributed by atoms with Crippen LogP contribution in [-0.4, -0.2) is 17.3 Å². The lowest BCUT2D eigenvalue weighted by Crippen LogP contribution is -2.24. The molecule has 154 valence electrons. The van der Waals surface area contributed by atoms with Crippen molar-refractivity contribution in [3.8, 4) is 0 Å². The zero-order valence-corrected chi connectivity index (χ0v) is 17.3. The van der Waals surface area contributed by atoms with Crippen LogP contribution < -0.4 is 0 Å². The molecule has 0 amide bonds. The van der Waals surface area contributed by atoms with Crippen molar-refractivity contribution < 1.29 is 14.4 Å². The maximum absolute atomic E-state index is 12.9. The number of hydrogen-bond donors (Lipinski definition) is 0. The van der Waals surface area contributed by atoms with Crippen LogP contribution in [0.25, 0.3) is 0 Å². The Morgan fingerprint density at radius 2 is 1.39 bits per heavy atom. The van der Waals surface area contributed by atoms with Gasteiger partial charge in [-0.1, -0.05) is 38.2 Å². The van der Waals surface area contributed by atoms with Gasteiger partial charge in [-0.15, -0.1) is 0 Å². The molecule has 0 aromatic heterocycles. The van der Waals surface area contributed by atoms with Crippen molar-refractivity contribution >= 4 is 17.3 Å². The summed E-state index contributed by atoms with van der Waals surface area (Å²) >= 11 is 0. The third-order valence-electron chi connectivity index (χ3n) is 8.10. The Bertz CT molecular complexity index is 622. The first-order valence-corrected chi connectivity index (χ1v) is 12.0. The van der Waals surface area contributed by atoms with Crippen LogP contribution in [0.4, 0.5) is 0 Å². The average molecular weight is 385 g/mol. The summed E-state index contributed by atoms with van der Waals surface area (Å²) in [6.07, 6.45) is 17.8. The maximum atomic E-state index is 12.9. The number of fused-ring (bicyclic) bond motifs is 2. The Morgan fingerprint density at radius 1 is 0.786 bits per heavy atom. The number of hydrogen-bond acceptors (Lipinski definition) is 3.